The van der Waals surface area contributed by atoms with Crippen molar-refractivity contribution in [3.63, 3.8) is 0 Å². The Morgan fingerprint density at radius 1 is 1.25 bits per heavy atom. The summed E-state index contributed by atoms with van der Waals surface area (Å²) >= 11 is 0. The van der Waals surface area contributed by atoms with Crippen molar-refractivity contribution in [3.8, 4) is 11.8 Å². The molecule has 0 saturated carbocycles. The molecule has 1 aromatic rings. The Balaban J connectivity index is 1.93. The molecule has 2 heterocycles. The minimum absolute atomic E-state index is 0.0982. The average molecular weight is 325 g/mol. The van der Waals surface area contributed by atoms with Gasteiger partial charge in [-0.15, -0.1) is 5.92 Å². The fourth-order valence-corrected chi connectivity index (χ4v) is 2.89. The number of hydrogen-bond acceptors (Lipinski definition) is 5. The first kappa shape index (κ1) is 15.7. The third-order valence-corrected chi connectivity index (χ3v) is 4.01. The van der Waals surface area contributed by atoms with Crippen LogP contribution in [0.5, 0.6) is 0 Å². The number of rotatable bonds is 3. The zero-order valence-corrected chi connectivity index (χ0v) is 13.0. The van der Waals surface area contributed by atoms with Crippen molar-refractivity contribution >= 4 is 29.3 Å². The van der Waals surface area contributed by atoms with Crippen molar-refractivity contribution in [1.29, 1.82) is 0 Å². The summed E-state index contributed by atoms with van der Waals surface area (Å²) in [6.07, 6.45) is 0.237. The lowest BCUT2D eigenvalue weighted by molar-refractivity contribution is -0.136. The van der Waals surface area contributed by atoms with Gasteiger partial charge in [-0.25, -0.2) is 0 Å². The van der Waals surface area contributed by atoms with E-state index in [-0.39, 0.29) is 24.0 Å². The Kier molecular flexibility index (Phi) is 4.04. The second-order valence-electron chi connectivity index (χ2n) is 5.46. The molecule has 0 radical (unpaired) electrons. The lowest BCUT2D eigenvalue weighted by Crippen LogP contribution is -2.54. The maximum Gasteiger partial charge on any atom is 0.264 e. The molecule has 7 heteroatoms. The summed E-state index contributed by atoms with van der Waals surface area (Å²) in [6, 6.07) is 3.95. The van der Waals surface area contributed by atoms with Crippen LogP contribution >= 0.6 is 0 Å². The predicted octanol–water partition coefficient (Wildman–Crippen LogP) is 0.523. The van der Waals surface area contributed by atoms with E-state index in [0.717, 1.165) is 4.90 Å². The summed E-state index contributed by atoms with van der Waals surface area (Å²) in [4.78, 5) is 49.6. The highest BCUT2D eigenvalue weighted by Crippen LogP contribution is 2.32. The number of amides is 4. The van der Waals surface area contributed by atoms with E-state index in [1.807, 2.05) is 0 Å². The van der Waals surface area contributed by atoms with Crippen molar-refractivity contribution in [2.45, 2.75) is 25.8 Å². The first-order chi connectivity index (χ1) is 11.5. The minimum atomic E-state index is -0.960. The van der Waals surface area contributed by atoms with Crippen LogP contribution in [0.25, 0.3) is 0 Å². The molecule has 7 nitrogen and oxygen atoms in total. The second-order valence-corrected chi connectivity index (χ2v) is 5.46. The number of benzene rings is 1. The van der Waals surface area contributed by atoms with E-state index in [9.17, 15) is 19.2 Å². The largest absolute Gasteiger partial charge is 0.373 e. The van der Waals surface area contributed by atoms with Gasteiger partial charge in [-0.3, -0.25) is 29.4 Å². The molecule has 2 aliphatic heterocycles. The number of anilines is 1. The number of piperidine rings is 1. The molecular weight excluding hydrogens is 310 g/mol. The van der Waals surface area contributed by atoms with Gasteiger partial charge in [0, 0.05) is 12.1 Å². The summed E-state index contributed by atoms with van der Waals surface area (Å²) in [5.74, 6) is 3.50. The van der Waals surface area contributed by atoms with Gasteiger partial charge in [0.25, 0.3) is 11.8 Å². The van der Waals surface area contributed by atoms with Crippen LogP contribution in [0.1, 0.15) is 40.5 Å². The normalized spacial score (nSPS) is 19.5. The van der Waals surface area contributed by atoms with Gasteiger partial charge in [0.2, 0.25) is 11.8 Å². The molecule has 2 aliphatic rings. The first-order valence-electron chi connectivity index (χ1n) is 7.52. The molecule has 1 fully saturated rings. The molecule has 1 aromatic carbocycles. The van der Waals surface area contributed by atoms with E-state index >= 15 is 0 Å². The maximum absolute atomic E-state index is 12.8. The Hall–Kier alpha value is -3.14. The lowest BCUT2D eigenvalue weighted by atomic mass is 10.0. The third-order valence-electron chi connectivity index (χ3n) is 4.01. The number of carbonyl (C=O) groups is 4. The number of carbonyl (C=O) groups excluding carboxylic acids is 4. The molecular formula is C17H15N3O4. The summed E-state index contributed by atoms with van der Waals surface area (Å²) in [6.45, 7) is 2.04. The molecule has 0 spiro atoms. The van der Waals surface area contributed by atoms with Crippen LogP contribution < -0.4 is 10.6 Å². The minimum Gasteiger partial charge on any atom is -0.373 e. The van der Waals surface area contributed by atoms with Gasteiger partial charge < -0.3 is 5.32 Å². The molecule has 122 valence electrons. The van der Waals surface area contributed by atoms with Crippen LogP contribution in [-0.4, -0.2) is 41.1 Å². The molecule has 1 unspecified atom stereocenters. The van der Waals surface area contributed by atoms with E-state index in [1.165, 1.54) is 0 Å². The summed E-state index contributed by atoms with van der Waals surface area (Å²) in [7, 11) is 0. The van der Waals surface area contributed by atoms with Crippen LogP contribution in [0.2, 0.25) is 0 Å². The Morgan fingerprint density at radius 2 is 2.04 bits per heavy atom. The van der Waals surface area contributed by atoms with Crippen molar-refractivity contribution in [2.75, 3.05) is 11.9 Å². The average Bonchev–Trinajstić information content (AvgIpc) is 2.81. The Labute approximate surface area is 138 Å². The molecule has 2 N–H and O–H groups in total. The molecule has 24 heavy (non-hydrogen) atoms. The molecule has 3 rings (SSSR count). The van der Waals surface area contributed by atoms with E-state index in [4.69, 9.17) is 0 Å². The van der Waals surface area contributed by atoms with E-state index in [0.29, 0.717) is 12.2 Å². The highest BCUT2D eigenvalue weighted by Gasteiger charge is 2.45. The Bertz CT molecular complexity index is 819. The van der Waals surface area contributed by atoms with Crippen molar-refractivity contribution < 1.29 is 19.2 Å². The third kappa shape index (κ3) is 2.52. The fraction of sp³-hybridized carbons (Fsp3) is 0.294. The molecule has 0 aromatic heterocycles. The number of fused-ring (bicyclic) bond motifs is 1. The van der Waals surface area contributed by atoms with Crippen LogP contribution in [0.15, 0.2) is 18.2 Å². The van der Waals surface area contributed by atoms with Crippen molar-refractivity contribution in [2.24, 2.45) is 0 Å². The smallest absolute Gasteiger partial charge is 0.264 e. The van der Waals surface area contributed by atoms with E-state index in [2.05, 4.69) is 22.5 Å². The van der Waals surface area contributed by atoms with Gasteiger partial charge in [0.05, 0.1) is 17.7 Å². The zero-order valence-electron chi connectivity index (χ0n) is 13.0. The molecule has 0 aliphatic carbocycles. The number of imide groups is 2. The van der Waals surface area contributed by atoms with Gasteiger partial charge >= 0.3 is 0 Å². The highest BCUT2D eigenvalue weighted by atomic mass is 16.2. The van der Waals surface area contributed by atoms with Gasteiger partial charge in [-0.2, -0.15) is 0 Å². The molecule has 1 saturated heterocycles. The van der Waals surface area contributed by atoms with Gasteiger partial charge in [0.15, 0.2) is 0 Å². The summed E-state index contributed by atoms with van der Waals surface area (Å²) < 4.78 is 0. The number of nitrogens with one attached hydrogen (secondary N) is 2. The summed E-state index contributed by atoms with van der Waals surface area (Å²) in [5.41, 5.74) is 0.993. The Morgan fingerprint density at radius 3 is 2.75 bits per heavy atom. The zero-order chi connectivity index (χ0) is 17.3. The standard InChI is InChI=1S/C17H15N3O4/c1-2-3-9-18-11-6-4-5-10-14(11)17(24)20(16(10)23)12-7-8-13(21)19-15(12)22/h4-6,12,18H,7-9H2,1H3,(H,19,21,22). The van der Waals surface area contributed by atoms with Crippen molar-refractivity contribution in [3.05, 3.63) is 29.3 Å². The molecule has 4 amide bonds. The highest BCUT2D eigenvalue weighted by molar-refractivity contribution is 6.25. The van der Waals surface area contributed by atoms with E-state index < -0.39 is 29.7 Å². The molecule has 0 bridgehead atoms. The predicted molar refractivity (Wildman–Crippen MR) is 85.1 cm³/mol. The van der Waals surface area contributed by atoms with Crippen LogP contribution in [0.3, 0.4) is 0 Å². The van der Waals surface area contributed by atoms with Crippen molar-refractivity contribution in [1.82, 2.24) is 10.2 Å². The van der Waals surface area contributed by atoms with Crippen LogP contribution in [-0.2, 0) is 9.59 Å². The van der Waals surface area contributed by atoms with Gasteiger partial charge in [-0.1, -0.05) is 12.0 Å². The van der Waals surface area contributed by atoms with Gasteiger partial charge in [0.1, 0.15) is 6.04 Å². The number of nitrogens with zero attached hydrogens (tertiary/aromatic N) is 1. The van der Waals surface area contributed by atoms with Crippen LogP contribution in [0, 0.1) is 11.8 Å². The molecule has 1 atom stereocenters. The SMILES string of the molecule is CC#CCNc1cccc2c1C(=O)N(C1CCC(=O)NC1=O)C2=O. The fourth-order valence-electron chi connectivity index (χ4n) is 2.89. The summed E-state index contributed by atoms with van der Waals surface area (Å²) in [5, 5.41) is 5.18. The van der Waals surface area contributed by atoms with Gasteiger partial charge in [-0.05, 0) is 25.5 Å². The monoisotopic (exact) mass is 325 g/mol. The quantitative estimate of drug-likeness (QED) is 0.624. The van der Waals surface area contributed by atoms with E-state index in [1.54, 1.807) is 25.1 Å². The van der Waals surface area contributed by atoms with Crippen LogP contribution in [0.4, 0.5) is 5.69 Å². The lowest BCUT2D eigenvalue weighted by Gasteiger charge is -2.27. The topological polar surface area (TPSA) is 95.6 Å². The number of hydrogen-bond donors (Lipinski definition) is 2. The second kappa shape index (κ2) is 6.16. The first-order valence-corrected chi connectivity index (χ1v) is 7.52. The maximum atomic E-state index is 12.8.